The van der Waals surface area contributed by atoms with E-state index in [2.05, 4.69) is 46.1 Å². The van der Waals surface area contributed by atoms with Crippen LogP contribution in [0.3, 0.4) is 0 Å². The molecule has 0 atom stereocenters. The third-order valence-corrected chi connectivity index (χ3v) is 7.41. The molecule has 1 aromatic carbocycles. The molecule has 32 heavy (non-hydrogen) atoms. The van der Waals surface area contributed by atoms with Gasteiger partial charge in [0.2, 0.25) is 5.28 Å². The second-order valence-electron chi connectivity index (χ2n) is 8.10. The summed E-state index contributed by atoms with van der Waals surface area (Å²) in [6.45, 7) is 4.90. The van der Waals surface area contributed by atoms with E-state index in [1.807, 2.05) is 29.2 Å². The molecule has 2 aromatic heterocycles. The van der Waals surface area contributed by atoms with Gasteiger partial charge in [0.1, 0.15) is 10.6 Å². The van der Waals surface area contributed by atoms with E-state index in [1.165, 1.54) is 10.5 Å². The number of halogens is 1. The standard InChI is InChI=1S/C25H25ClN4OS/c1-2-20-16-21-22(27-25(26)28-23(21)32-20)29-12-14-30(15-13-29)24(31)19-10-8-18(9-11-19)17-6-4-3-5-7-17/h4,6-11,16H,2-3,5,12-15H2,1H3. The summed E-state index contributed by atoms with van der Waals surface area (Å²) in [7, 11) is 0. The van der Waals surface area contributed by atoms with Crippen molar-refractivity contribution in [2.24, 2.45) is 0 Å². The first-order chi connectivity index (χ1) is 15.6. The molecule has 3 aromatic rings. The summed E-state index contributed by atoms with van der Waals surface area (Å²) in [6.07, 6.45) is 9.76. The minimum absolute atomic E-state index is 0.0824. The molecular formula is C25H25ClN4OS. The van der Waals surface area contributed by atoms with Crippen molar-refractivity contribution in [2.45, 2.75) is 26.2 Å². The quantitative estimate of drug-likeness (QED) is 0.471. The molecule has 1 aliphatic heterocycles. The molecule has 1 fully saturated rings. The molecular weight excluding hydrogens is 440 g/mol. The van der Waals surface area contributed by atoms with Crippen molar-refractivity contribution >= 4 is 50.5 Å². The molecule has 164 valence electrons. The van der Waals surface area contributed by atoms with E-state index in [0.717, 1.165) is 59.5 Å². The fourth-order valence-electron chi connectivity index (χ4n) is 4.28. The Bertz CT molecular complexity index is 1210. The lowest BCUT2D eigenvalue weighted by molar-refractivity contribution is 0.0746. The number of benzene rings is 1. The molecule has 0 spiro atoms. The molecule has 5 nitrogen and oxygen atoms in total. The third-order valence-electron chi connectivity index (χ3n) is 6.07. The SMILES string of the molecule is CCc1cc2c(N3CCN(C(=O)c4ccc(C5=CCCC=C5)cc4)CC3)nc(Cl)nc2s1. The summed E-state index contributed by atoms with van der Waals surface area (Å²) < 4.78 is 0. The van der Waals surface area contributed by atoms with Crippen LogP contribution in [0.5, 0.6) is 0 Å². The number of thiophene rings is 1. The van der Waals surface area contributed by atoms with Crippen LogP contribution >= 0.6 is 22.9 Å². The van der Waals surface area contributed by atoms with Crippen LogP contribution < -0.4 is 4.90 Å². The number of aromatic nitrogens is 2. The number of fused-ring (bicyclic) bond motifs is 1. The number of aryl methyl sites for hydroxylation is 1. The Morgan fingerprint density at radius 2 is 1.88 bits per heavy atom. The Kier molecular flexibility index (Phi) is 5.98. The number of hydrogen-bond acceptors (Lipinski definition) is 5. The summed E-state index contributed by atoms with van der Waals surface area (Å²) in [5.41, 5.74) is 3.13. The average molecular weight is 465 g/mol. The van der Waals surface area contributed by atoms with Crippen LogP contribution in [0.25, 0.3) is 15.8 Å². The van der Waals surface area contributed by atoms with E-state index in [4.69, 9.17) is 11.6 Å². The van der Waals surface area contributed by atoms with E-state index < -0.39 is 0 Å². The van der Waals surface area contributed by atoms with Gasteiger partial charge in [-0.15, -0.1) is 11.3 Å². The molecule has 0 saturated carbocycles. The Labute approximate surface area is 197 Å². The van der Waals surface area contributed by atoms with Gasteiger partial charge >= 0.3 is 0 Å². The number of amides is 1. The van der Waals surface area contributed by atoms with Crippen LogP contribution in [-0.4, -0.2) is 47.0 Å². The van der Waals surface area contributed by atoms with Crippen LogP contribution in [0.1, 0.15) is 40.6 Å². The Morgan fingerprint density at radius 3 is 2.56 bits per heavy atom. The average Bonchev–Trinajstić information content (AvgIpc) is 3.27. The molecule has 1 aliphatic carbocycles. The molecule has 5 rings (SSSR count). The van der Waals surface area contributed by atoms with Gasteiger partial charge in [0, 0.05) is 36.6 Å². The highest BCUT2D eigenvalue weighted by atomic mass is 35.5. The lowest BCUT2D eigenvalue weighted by Gasteiger charge is -2.35. The Morgan fingerprint density at radius 1 is 1.09 bits per heavy atom. The van der Waals surface area contributed by atoms with Crippen LogP contribution in [-0.2, 0) is 6.42 Å². The summed E-state index contributed by atoms with van der Waals surface area (Å²) >= 11 is 7.88. The second-order valence-corrected chi connectivity index (χ2v) is 9.55. The number of hydrogen-bond donors (Lipinski definition) is 0. The molecule has 2 aliphatic rings. The fourth-order valence-corrected chi connectivity index (χ4v) is 5.46. The van der Waals surface area contributed by atoms with Gasteiger partial charge in [-0.25, -0.2) is 4.98 Å². The van der Waals surface area contributed by atoms with E-state index in [-0.39, 0.29) is 11.2 Å². The van der Waals surface area contributed by atoms with Gasteiger partial charge in [-0.2, -0.15) is 4.98 Å². The van der Waals surface area contributed by atoms with Crippen LogP contribution in [0.4, 0.5) is 5.82 Å². The van der Waals surface area contributed by atoms with Gasteiger partial charge in [-0.05, 0) is 60.2 Å². The molecule has 1 amide bonds. The highest BCUT2D eigenvalue weighted by Gasteiger charge is 2.25. The van der Waals surface area contributed by atoms with E-state index in [9.17, 15) is 4.79 Å². The Hall–Kier alpha value is -2.70. The molecule has 0 N–H and O–H groups in total. The molecule has 1 saturated heterocycles. The van der Waals surface area contributed by atoms with Crippen molar-refractivity contribution in [1.29, 1.82) is 0 Å². The highest BCUT2D eigenvalue weighted by Crippen LogP contribution is 2.33. The van der Waals surface area contributed by atoms with Gasteiger partial charge in [0.15, 0.2) is 0 Å². The second kappa shape index (κ2) is 9.04. The van der Waals surface area contributed by atoms with Crippen molar-refractivity contribution in [1.82, 2.24) is 14.9 Å². The maximum Gasteiger partial charge on any atom is 0.253 e. The number of allylic oxidation sites excluding steroid dienone is 4. The number of carbonyl (C=O) groups is 1. The van der Waals surface area contributed by atoms with Crippen LogP contribution in [0, 0.1) is 0 Å². The van der Waals surface area contributed by atoms with Crippen molar-refractivity contribution < 1.29 is 4.79 Å². The normalized spacial score (nSPS) is 16.5. The van der Waals surface area contributed by atoms with Gasteiger partial charge < -0.3 is 9.80 Å². The van der Waals surface area contributed by atoms with Crippen molar-refractivity contribution in [2.75, 3.05) is 31.1 Å². The number of carbonyl (C=O) groups excluding carboxylic acids is 1. The lowest BCUT2D eigenvalue weighted by Crippen LogP contribution is -2.49. The zero-order valence-corrected chi connectivity index (χ0v) is 19.6. The minimum atomic E-state index is 0.0824. The number of nitrogens with zero attached hydrogens (tertiary/aromatic N) is 4. The first-order valence-electron chi connectivity index (χ1n) is 11.1. The molecule has 0 radical (unpaired) electrons. The lowest BCUT2D eigenvalue weighted by atomic mass is 9.98. The number of anilines is 1. The third kappa shape index (κ3) is 4.17. The van der Waals surface area contributed by atoms with E-state index >= 15 is 0 Å². The predicted molar refractivity (Wildman–Crippen MR) is 133 cm³/mol. The monoisotopic (exact) mass is 464 g/mol. The summed E-state index contributed by atoms with van der Waals surface area (Å²) in [5.74, 6) is 0.959. The summed E-state index contributed by atoms with van der Waals surface area (Å²) in [6, 6.07) is 10.2. The topological polar surface area (TPSA) is 49.3 Å². The zero-order chi connectivity index (χ0) is 22.1. The minimum Gasteiger partial charge on any atom is -0.352 e. The first-order valence-corrected chi connectivity index (χ1v) is 12.3. The zero-order valence-electron chi connectivity index (χ0n) is 18.1. The van der Waals surface area contributed by atoms with E-state index in [1.54, 1.807) is 11.3 Å². The first kappa shape index (κ1) is 21.2. The van der Waals surface area contributed by atoms with Crippen molar-refractivity contribution in [3.8, 4) is 0 Å². The largest absolute Gasteiger partial charge is 0.352 e. The molecule has 7 heteroatoms. The van der Waals surface area contributed by atoms with Crippen molar-refractivity contribution in [3.05, 3.63) is 69.8 Å². The van der Waals surface area contributed by atoms with Gasteiger partial charge in [0.25, 0.3) is 5.91 Å². The molecule has 0 bridgehead atoms. The maximum absolute atomic E-state index is 13.1. The maximum atomic E-state index is 13.1. The van der Waals surface area contributed by atoms with Gasteiger partial charge in [0.05, 0.1) is 5.39 Å². The number of rotatable bonds is 4. The summed E-state index contributed by atoms with van der Waals surface area (Å²) in [5, 5.41) is 1.33. The van der Waals surface area contributed by atoms with Crippen LogP contribution in [0.15, 0.2) is 48.6 Å². The molecule has 3 heterocycles. The van der Waals surface area contributed by atoms with Crippen molar-refractivity contribution in [3.63, 3.8) is 0 Å². The molecule has 0 unspecified atom stereocenters. The fraction of sp³-hybridized carbons (Fsp3) is 0.320. The predicted octanol–water partition coefficient (Wildman–Crippen LogP) is 5.60. The van der Waals surface area contributed by atoms with Gasteiger partial charge in [-0.3, -0.25) is 4.79 Å². The summed E-state index contributed by atoms with van der Waals surface area (Å²) in [4.78, 5) is 28.3. The van der Waals surface area contributed by atoms with Gasteiger partial charge in [-0.1, -0.05) is 37.3 Å². The van der Waals surface area contributed by atoms with E-state index in [0.29, 0.717) is 13.1 Å². The Balaban J connectivity index is 1.28. The smallest absolute Gasteiger partial charge is 0.253 e. The number of piperazine rings is 1. The van der Waals surface area contributed by atoms with Crippen LogP contribution in [0.2, 0.25) is 5.28 Å². The highest BCUT2D eigenvalue weighted by molar-refractivity contribution is 7.18.